The van der Waals surface area contributed by atoms with Gasteiger partial charge in [0.15, 0.2) is 0 Å². The molecule has 1 fully saturated rings. The number of phenolic OH excluding ortho intramolecular Hbond substituents is 1. The Morgan fingerprint density at radius 3 is 2.79 bits per heavy atom. The third-order valence-corrected chi connectivity index (χ3v) is 3.24. The van der Waals surface area contributed by atoms with Crippen molar-refractivity contribution in [1.29, 1.82) is 0 Å². The molecule has 1 aliphatic rings. The summed E-state index contributed by atoms with van der Waals surface area (Å²) in [6.07, 6.45) is 3.21. The highest BCUT2D eigenvalue weighted by atomic mass is 16.3. The first-order valence-electron chi connectivity index (χ1n) is 6.97. The van der Waals surface area contributed by atoms with Crippen LogP contribution >= 0.6 is 0 Å². The Labute approximate surface area is 114 Å². The number of hydrogen-bond acceptors (Lipinski definition) is 3. The molecule has 1 amide bonds. The molecule has 2 rings (SSSR count). The number of rotatable bonds is 7. The molecular formula is C15H22N2O2. The maximum absolute atomic E-state index is 11.8. The van der Waals surface area contributed by atoms with E-state index in [1.165, 1.54) is 0 Å². The van der Waals surface area contributed by atoms with Crippen molar-refractivity contribution >= 4 is 5.91 Å². The molecule has 0 atom stereocenters. The molecule has 0 aliphatic heterocycles. The van der Waals surface area contributed by atoms with E-state index in [4.69, 9.17) is 0 Å². The summed E-state index contributed by atoms with van der Waals surface area (Å²) in [4.78, 5) is 13.9. The van der Waals surface area contributed by atoms with E-state index in [2.05, 4.69) is 17.1 Å². The summed E-state index contributed by atoms with van der Waals surface area (Å²) in [6, 6.07) is 7.70. The standard InChI is InChI=1S/C15H22N2O2/c1-2-9-17(11-15(19)16-13-7-8-13)10-12-5-3-4-6-14(12)18/h3-6,13,18H,2,7-11H2,1H3,(H,16,19). The first-order valence-corrected chi connectivity index (χ1v) is 6.97. The fourth-order valence-electron chi connectivity index (χ4n) is 2.12. The van der Waals surface area contributed by atoms with Gasteiger partial charge in [-0.1, -0.05) is 25.1 Å². The van der Waals surface area contributed by atoms with E-state index in [-0.39, 0.29) is 5.91 Å². The van der Waals surface area contributed by atoms with Gasteiger partial charge >= 0.3 is 0 Å². The number of nitrogens with one attached hydrogen (secondary N) is 1. The predicted octanol–water partition coefficient (Wildman–Crippen LogP) is 1.88. The molecule has 1 saturated carbocycles. The van der Waals surface area contributed by atoms with E-state index in [1.807, 2.05) is 18.2 Å². The van der Waals surface area contributed by atoms with Crippen molar-refractivity contribution in [3.8, 4) is 5.75 Å². The molecule has 0 aromatic heterocycles. The van der Waals surface area contributed by atoms with Gasteiger partial charge in [0.05, 0.1) is 6.54 Å². The van der Waals surface area contributed by atoms with Crippen molar-refractivity contribution in [2.75, 3.05) is 13.1 Å². The number of carbonyl (C=O) groups is 1. The fourth-order valence-corrected chi connectivity index (χ4v) is 2.12. The third kappa shape index (κ3) is 4.56. The SMILES string of the molecule is CCCN(CC(=O)NC1CC1)Cc1ccccc1O. The number of aromatic hydroxyl groups is 1. The van der Waals surface area contributed by atoms with Gasteiger partial charge in [-0.15, -0.1) is 0 Å². The zero-order valence-electron chi connectivity index (χ0n) is 11.4. The summed E-state index contributed by atoms with van der Waals surface area (Å²) >= 11 is 0. The van der Waals surface area contributed by atoms with Gasteiger partial charge in [0.2, 0.25) is 5.91 Å². The number of amides is 1. The number of phenols is 1. The molecule has 4 nitrogen and oxygen atoms in total. The highest BCUT2D eigenvalue weighted by molar-refractivity contribution is 5.78. The minimum Gasteiger partial charge on any atom is -0.508 e. The second-order valence-electron chi connectivity index (χ2n) is 5.18. The lowest BCUT2D eigenvalue weighted by Gasteiger charge is -2.21. The number of benzene rings is 1. The molecule has 0 radical (unpaired) electrons. The maximum Gasteiger partial charge on any atom is 0.234 e. The Bertz CT molecular complexity index is 430. The Kier molecular flexibility index (Phi) is 4.80. The first kappa shape index (κ1) is 13.9. The summed E-state index contributed by atoms with van der Waals surface area (Å²) in [5.74, 6) is 0.387. The average Bonchev–Trinajstić information content (AvgIpc) is 3.16. The van der Waals surface area contributed by atoms with Gasteiger partial charge < -0.3 is 10.4 Å². The molecule has 4 heteroatoms. The molecule has 0 heterocycles. The molecule has 1 aromatic rings. The van der Waals surface area contributed by atoms with Gasteiger partial charge in [-0.2, -0.15) is 0 Å². The first-order chi connectivity index (χ1) is 9.19. The van der Waals surface area contributed by atoms with Gasteiger partial charge in [0.25, 0.3) is 0 Å². The second kappa shape index (κ2) is 6.57. The van der Waals surface area contributed by atoms with Crippen molar-refractivity contribution < 1.29 is 9.90 Å². The van der Waals surface area contributed by atoms with Crippen LogP contribution in [0.3, 0.4) is 0 Å². The van der Waals surface area contributed by atoms with Crippen LogP contribution in [0, 0.1) is 0 Å². The van der Waals surface area contributed by atoms with Crippen LogP contribution < -0.4 is 5.32 Å². The predicted molar refractivity (Wildman–Crippen MR) is 74.8 cm³/mol. The quantitative estimate of drug-likeness (QED) is 0.789. The van der Waals surface area contributed by atoms with Crippen molar-refractivity contribution in [2.45, 2.75) is 38.8 Å². The molecule has 1 aliphatic carbocycles. The van der Waals surface area contributed by atoms with E-state index in [0.717, 1.165) is 31.4 Å². The van der Waals surface area contributed by atoms with Crippen LogP contribution in [0.4, 0.5) is 0 Å². The van der Waals surface area contributed by atoms with Gasteiger partial charge in [-0.25, -0.2) is 0 Å². The Hall–Kier alpha value is -1.55. The van der Waals surface area contributed by atoms with E-state index in [9.17, 15) is 9.90 Å². The summed E-state index contributed by atoms with van der Waals surface area (Å²) in [5.41, 5.74) is 0.871. The van der Waals surface area contributed by atoms with Crippen LogP contribution in [0.15, 0.2) is 24.3 Å². The number of hydrogen-bond donors (Lipinski definition) is 2. The van der Waals surface area contributed by atoms with Crippen LogP contribution in [-0.4, -0.2) is 35.0 Å². The minimum absolute atomic E-state index is 0.0892. The van der Waals surface area contributed by atoms with Crippen molar-refractivity contribution in [1.82, 2.24) is 10.2 Å². The van der Waals surface area contributed by atoms with Gasteiger partial charge in [-0.3, -0.25) is 9.69 Å². The lowest BCUT2D eigenvalue weighted by Crippen LogP contribution is -2.38. The molecule has 0 unspecified atom stereocenters. The van der Waals surface area contributed by atoms with Crippen molar-refractivity contribution in [3.63, 3.8) is 0 Å². The molecule has 1 aromatic carbocycles. The maximum atomic E-state index is 11.8. The molecule has 104 valence electrons. The van der Waals surface area contributed by atoms with E-state index < -0.39 is 0 Å². The Balaban J connectivity index is 1.91. The zero-order chi connectivity index (χ0) is 13.7. The van der Waals surface area contributed by atoms with Gasteiger partial charge in [0.1, 0.15) is 5.75 Å². The van der Waals surface area contributed by atoms with E-state index in [0.29, 0.717) is 24.9 Å². The molecule has 2 N–H and O–H groups in total. The van der Waals surface area contributed by atoms with Crippen molar-refractivity contribution in [3.05, 3.63) is 29.8 Å². The summed E-state index contributed by atoms with van der Waals surface area (Å²) in [7, 11) is 0. The molecule has 0 spiro atoms. The number of nitrogens with zero attached hydrogens (tertiary/aromatic N) is 1. The van der Waals surface area contributed by atoms with E-state index in [1.54, 1.807) is 6.07 Å². The second-order valence-corrected chi connectivity index (χ2v) is 5.18. The summed E-state index contributed by atoms with van der Waals surface area (Å²) in [5, 5.41) is 12.8. The van der Waals surface area contributed by atoms with Crippen LogP contribution in [0.25, 0.3) is 0 Å². The smallest absolute Gasteiger partial charge is 0.234 e. The van der Waals surface area contributed by atoms with Gasteiger partial charge in [-0.05, 0) is 31.9 Å². The largest absolute Gasteiger partial charge is 0.508 e. The van der Waals surface area contributed by atoms with Crippen LogP contribution in [0.2, 0.25) is 0 Å². The molecule has 0 saturated heterocycles. The molecule has 19 heavy (non-hydrogen) atoms. The third-order valence-electron chi connectivity index (χ3n) is 3.24. The Morgan fingerprint density at radius 1 is 1.42 bits per heavy atom. The Morgan fingerprint density at radius 2 is 2.16 bits per heavy atom. The topological polar surface area (TPSA) is 52.6 Å². The lowest BCUT2D eigenvalue weighted by atomic mass is 10.2. The minimum atomic E-state index is 0.0892. The summed E-state index contributed by atoms with van der Waals surface area (Å²) in [6.45, 7) is 3.96. The lowest BCUT2D eigenvalue weighted by molar-refractivity contribution is -0.122. The monoisotopic (exact) mass is 262 g/mol. The van der Waals surface area contributed by atoms with E-state index >= 15 is 0 Å². The molecule has 0 bridgehead atoms. The van der Waals surface area contributed by atoms with Crippen LogP contribution in [-0.2, 0) is 11.3 Å². The van der Waals surface area contributed by atoms with Crippen LogP contribution in [0.5, 0.6) is 5.75 Å². The highest BCUT2D eigenvalue weighted by Gasteiger charge is 2.24. The zero-order valence-corrected chi connectivity index (χ0v) is 11.4. The molecular weight excluding hydrogens is 240 g/mol. The summed E-state index contributed by atoms with van der Waals surface area (Å²) < 4.78 is 0. The number of carbonyl (C=O) groups excluding carboxylic acids is 1. The highest BCUT2D eigenvalue weighted by Crippen LogP contribution is 2.19. The normalized spacial score (nSPS) is 14.6. The fraction of sp³-hybridized carbons (Fsp3) is 0.533. The van der Waals surface area contributed by atoms with Gasteiger partial charge in [0, 0.05) is 18.2 Å². The van der Waals surface area contributed by atoms with Crippen molar-refractivity contribution in [2.24, 2.45) is 0 Å². The van der Waals surface area contributed by atoms with Crippen LogP contribution in [0.1, 0.15) is 31.7 Å². The average molecular weight is 262 g/mol. The number of para-hydroxylation sites is 1.